The van der Waals surface area contributed by atoms with Crippen LogP contribution in [0.1, 0.15) is 0 Å². The summed E-state index contributed by atoms with van der Waals surface area (Å²) in [5, 5.41) is 2.50. The molecule has 1 aromatic carbocycles. The number of benzene rings is 1. The van der Waals surface area contributed by atoms with Gasteiger partial charge < -0.3 is 14.8 Å². The number of cyclic esters (lactones) is 1. The molecule has 1 heterocycles. The van der Waals surface area contributed by atoms with Gasteiger partial charge in [0, 0.05) is 18.7 Å². The molecular weight excluding hydrogens is 313 g/mol. The predicted molar refractivity (Wildman–Crippen MR) is 67.0 cm³/mol. The van der Waals surface area contributed by atoms with Gasteiger partial charge in [0.1, 0.15) is 18.1 Å². The van der Waals surface area contributed by atoms with Gasteiger partial charge in [-0.1, -0.05) is 0 Å². The number of alkyl carbamates (subject to hydrolysis) is 1. The summed E-state index contributed by atoms with van der Waals surface area (Å²) in [5.74, 6) is -0.0432. The number of halogens is 2. The number of carbonyl (C=O) groups is 1. The Morgan fingerprint density at radius 2 is 2.41 bits per heavy atom. The Bertz CT molecular complexity index is 459. The van der Waals surface area contributed by atoms with Gasteiger partial charge in [-0.3, -0.25) is 0 Å². The summed E-state index contributed by atoms with van der Waals surface area (Å²) in [4.78, 5) is 9.98. The molecule has 0 saturated carbocycles. The van der Waals surface area contributed by atoms with E-state index in [1.165, 1.54) is 6.07 Å². The average Bonchev–Trinajstić information content (AvgIpc) is 2.61. The summed E-state index contributed by atoms with van der Waals surface area (Å²) >= 11 is 6.34. The van der Waals surface area contributed by atoms with Crippen LogP contribution < -0.4 is 10.1 Å². The second-order valence-corrected chi connectivity index (χ2v) is 5.37. The Morgan fingerprint density at radius 3 is 3.00 bits per heavy atom. The number of carbonyl (C=O) groups excluding carboxylic acids is 1. The number of hydrogen-bond donors (Lipinski definition) is 1. The molecule has 1 N–H and O–H groups in total. The fourth-order valence-electron chi connectivity index (χ4n) is 1.31. The third kappa shape index (κ3) is 3.04. The highest BCUT2D eigenvalue weighted by atomic mass is 79.9. The third-order valence-corrected chi connectivity index (χ3v) is 3.24. The number of ether oxygens (including phenoxy) is 2. The zero-order chi connectivity index (χ0) is 12.5. The molecular formula is C10H10BrFNO3S+. The Balaban J connectivity index is 1.98. The highest BCUT2D eigenvalue weighted by Gasteiger charge is 2.43. The SMILES string of the molecule is O=C1NC[C@@]([SH2+])(COc2ccc(Br)c(F)c2)O1. The largest absolute Gasteiger partial charge is 0.484 e. The monoisotopic (exact) mass is 322 g/mol. The zero-order valence-electron chi connectivity index (χ0n) is 8.63. The number of hydrogen-bond acceptors (Lipinski definition) is 3. The molecule has 1 fully saturated rings. The summed E-state index contributed by atoms with van der Waals surface area (Å²) in [6, 6.07) is 4.42. The van der Waals surface area contributed by atoms with Crippen LogP contribution in [-0.4, -0.2) is 24.2 Å². The highest BCUT2D eigenvalue weighted by Crippen LogP contribution is 2.22. The van der Waals surface area contributed by atoms with Gasteiger partial charge in [0.15, 0.2) is 6.61 Å². The van der Waals surface area contributed by atoms with E-state index < -0.39 is 16.8 Å². The maximum atomic E-state index is 13.2. The van der Waals surface area contributed by atoms with E-state index >= 15 is 0 Å². The van der Waals surface area contributed by atoms with Crippen molar-refractivity contribution in [1.82, 2.24) is 5.32 Å². The zero-order valence-corrected chi connectivity index (χ0v) is 11.2. The summed E-state index contributed by atoms with van der Waals surface area (Å²) < 4.78 is 23.9. The van der Waals surface area contributed by atoms with Gasteiger partial charge in [0.05, 0.1) is 4.47 Å². The standard InChI is InChI=1S/C10H9BrFNO3S/c11-7-2-1-6(3-8(7)12)15-5-10(17)4-13-9(14)16-10/h1-3,17H,4-5H2,(H,13,14)/p+1/t10-/m1/s1. The molecule has 1 amide bonds. The lowest BCUT2D eigenvalue weighted by molar-refractivity contribution is 0.0831. The first-order valence-electron chi connectivity index (χ1n) is 4.78. The van der Waals surface area contributed by atoms with Crippen molar-refractivity contribution in [1.29, 1.82) is 0 Å². The van der Waals surface area contributed by atoms with Crippen molar-refractivity contribution in [3.63, 3.8) is 0 Å². The van der Waals surface area contributed by atoms with Gasteiger partial charge in [-0.2, -0.15) is 0 Å². The van der Waals surface area contributed by atoms with Crippen molar-refractivity contribution in [3.8, 4) is 5.75 Å². The predicted octanol–water partition coefficient (Wildman–Crippen LogP) is 1.41. The van der Waals surface area contributed by atoms with E-state index in [9.17, 15) is 9.18 Å². The molecule has 1 atom stereocenters. The number of amides is 1. The molecule has 2 rings (SSSR count). The minimum Gasteiger partial charge on any atom is -0.484 e. The van der Waals surface area contributed by atoms with E-state index in [-0.39, 0.29) is 6.61 Å². The van der Waals surface area contributed by atoms with Crippen LogP contribution in [-0.2, 0) is 17.4 Å². The molecule has 7 heteroatoms. The van der Waals surface area contributed by atoms with E-state index in [1.54, 1.807) is 12.1 Å². The van der Waals surface area contributed by atoms with Gasteiger partial charge in [-0.15, -0.1) is 0 Å². The third-order valence-electron chi connectivity index (χ3n) is 2.17. The van der Waals surface area contributed by atoms with E-state index in [0.29, 0.717) is 16.8 Å². The van der Waals surface area contributed by atoms with E-state index in [4.69, 9.17) is 9.47 Å². The minimum atomic E-state index is -0.902. The molecule has 1 aliphatic rings. The van der Waals surface area contributed by atoms with Crippen molar-refractivity contribution in [2.75, 3.05) is 13.2 Å². The first-order chi connectivity index (χ1) is 7.98. The number of nitrogens with one attached hydrogen (secondary N) is 1. The van der Waals surface area contributed by atoms with Gasteiger partial charge >= 0.3 is 11.0 Å². The lowest BCUT2D eigenvalue weighted by Gasteiger charge is -2.14. The van der Waals surface area contributed by atoms with Crippen LogP contribution in [0.3, 0.4) is 0 Å². The fraction of sp³-hybridized carbons (Fsp3) is 0.300. The topological polar surface area (TPSA) is 47.6 Å². The summed E-state index contributed by atoms with van der Waals surface area (Å²) in [6.07, 6.45) is -0.509. The van der Waals surface area contributed by atoms with Crippen LogP contribution in [0.2, 0.25) is 0 Å². The maximum absolute atomic E-state index is 13.2. The lowest BCUT2D eigenvalue weighted by Crippen LogP contribution is -2.37. The van der Waals surface area contributed by atoms with Crippen molar-refractivity contribution < 1.29 is 18.7 Å². The van der Waals surface area contributed by atoms with Crippen LogP contribution in [0, 0.1) is 5.82 Å². The molecule has 0 spiro atoms. The Hall–Kier alpha value is -0.950. The van der Waals surface area contributed by atoms with E-state index in [2.05, 4.69) is 33.9 Å². The van der Waals surface area contributed by atoms with Crippen LogP contribution in [0.5, 0.6) is 5.75 Å². The lowest BCUT2D eigenvalue weighted by atomic mass is 10.3. The Morgan fingerprint density at radius 1 is 1.65 bits per heavy atom. The smallest absolute Gasteiger partial charge is 0.411 e. The maximum Gasteiger partial charge on any atom is 0.411 e. The van der Waals surface area contributed by atoms with E-state index in [1.807, 2.05) is 0 Å². The van der Waals surface area contributed by atoms with Crippen LogP contribution in [0.25, 0.3) is 0 Å². The van der Waals surface area contributed by atoms with Gasteiger partial charge in [0.2, 0.25) is 0 Å². The van der Waals surface area contributed by atoms with Crippen molar-refractivity contribution in [2.45, 2.75) is 4.93 Å². The molecule has 17 heavy (non-hydrogen) atoms. The average molecular weight is 323 g/mol. The molecule has 1 saturated heterocycles. The molecule has 1 aromatic rings. The van der Waals surface area contributed by atoms with Crippen molar-refractivity contribution >= 4 is 34.7 Å². The highest BCUT2D eigenvalue weighted by molar-refractivity contribution is 9.10. The Labute approximate surface area is 111 Å². The van der Waals surface area contributed by atoms with E-state index in [0.717, 1.165) is 0 Å². The molecule has 92 valence electrons. The molecule has 0 radical (unpaired) electrons. The van der Waals surface area contributed by atoms with Crippen LogP contribution in [0.15, 0.2) is 22.7 Å². The molecule has 0 unspecified atom stereocenters. The van der Waals surface area contributed by atoms with Crippen molar-refractivity contribution in [2.24, 2.45) is 0 Å². The normalized spacial score (nSPS) is 23.1. The quantitative estimate of drug-likeness (QED) is 0.856. The molecule has 1 aliphatic heterocycles. The summed E-state index contributed by atoms with van der Waals surface area (Å²) in [7, 11) is 0. The van der Waals surface area contributed by atoms with Gasteiger partial charge in [0.25, 0.3) is 0 Å². The second-order valence-electron chi connectivity index (χ2n) is 3.60. The summed E-state index contributed by atoms with van der Waals surface area (Å²) in [5.41, 5.74) is 0. The number of rotatable bonds is 3. The second kappa shape index (κ2) is 4.73. The first-order valence-corrected chi connectivity index (χ1v) is 6.07. The van der Waals surface area contributed by atoms with Gasteiger partial charge in [-0.25, -0.2) is 9.18 Å². The minimum absolute atomic E-state index is 0.0870. The first kappa shape index (κ1) is 12.5. The molecule has 4 nitrogen and oxygen atoms in total. The summed E-state index contributed by atoms with van der Waals surface area (Å²) in [6.45, 7) is 0.380. The Kier molecular flexibility index (Phi) is 3.48. The van der Waals surface area contributed by atoms with Crippen LogP contribution >= 0.6 is 15.9 Å². The fourth-order valence-corrected chi connectivity index (χ4v) is 1.81. The van der Waals surface area contributed by atoms with Gasteiger partial charge in [-0.05, 0) is 28.1 Å². The van der Waals surface area contributed by atoms with Crippen LogP contribution in [0.4, 0.5) is 9.18 Å². The molecule has 0 aromatic heterocycles. The molecule has 0 aliphatic carbocycles. The van der Waals surface area contributed by atoms with Crippen molar-refractivity contribution in [3.05, 3.63) is 28.5 Å². The molecule has 0 bridgehead atoms.